The highest BCUT2D eigenvalue weighted by molar-refractivity contribution is 5.77. The maximum Gasteiger partial charge on any atom is 0.388 e. The van der Waals surface area contributed by atoms with Gasteiger partial charge in [-0.25, -0.2) is 19.7 Å². The third-order valence-corrected chi connectivity index (χ3v) is 6.20. The molecule has 6 aliphatic carbocycles. The zero-order chi connectivity index (χ0) is 9.51. The van der Waals surface area contributed by atoms with Crippen LogP contribution in [0.15, 0.2) is 0 Å². The van der Waals surface area contributed by atoms with Crippen molar-refractivity contribution in [2.45, 2.75) is 16.6 Å². The first-order valence-electron chi connectivity index (χ1n) is 4.95. The minimum atomic E-state index is -0.516. The van der Waals surface area contributed by atoms with Crippen molar-refractivity contribution in [3.05, 3.63) is 34.3 Å². The Morgan fingerprint density at radius 2 is 1.36 bits per heavy atom. The summed E-state index contributed by atoms with van der Waals surface area (Å²) >= 11 is 0. The van der Waals surface area contributed by atoms with Gasteiger partial charge in [0.05, 0.1) is 17.8 Å². The van der Waals surface area contributed by atoms with Crippen LogP contribution in [-0.4, -0.2) is 16.6 Å². The second kappa shape index (κ2) is 1.06. The lowest BCUT2D eigenvalue weighted by Gasteiger charge is -2.97. The van der Waals surface area contributed by atoms with Crippen LogP contribution in [0.1, 0.15) is 0 Å². The van der Waals surface area contributed by atoms with Gasteiger partial charge in [-0.15, -0.1) is 0 Å². The first-order chi connectivity index (χ1) is 6.79. The lowest BCUT2D eigenvalue weighted by atomic mass is 8.93. The molecule has 0 aromatic rings. The largest absolute Gasteiger partial charge is 0.388 e. The highest BCUT2D eigenvalue weighted by Crippen LogP contribution is 3.07. The monoisotopic (exact) mass is 179 g/mol. The maximum atomic E-state index is 7.32. The molecule has 4 unspecified atom stereocenters. The Hall–Kier alpha value is -1.53. The fraction of sp³-hybridized carbons (Fsp3) is 0.727. The molecule has 6 saturated carbocycles. The van der Waals surface area contributed by atoms with Crippen LogP contribution < -0.4 is 0 Å². The van der Waals surface area contributed by atoms with Gasteiger partial charge < -0.3 is 0 Å². The molecule has 0 radical (unpaired) electrons. The van der Waals surface area contributed by atoms with E-state index in [0.29, 0.717) is 29.6 Å². The molecular weight excluding hydrogens is 174 g/mol. The van der Waals surface area contributed by atoms with E-state index in [4.69, 9.17) is 19.7 Å². The summed E-state index contributed by atoms with van der Waals surface area (Å²) < 4.78 is 0. The van der Waals surface area contributed by atoms with Gasteiger partial charge in [-0.2, -0.15) is 0 Å². The first kappa shape index (κ1) is 6.05. The summed E-state index contributed by atoms with van der Waals surface area (Å²) in [6, 6.07) is 0. The predicted octanol–water partition coefficient (Wildman–Crippen LogP) is 1.11. The standard InChI is InChI=1S/C11H5N3/c1-12-9-5-4-6-7(5)11(9,14-3)10(6,13-2)8(4)9/h4-8H. The van der Waals surface area contributed by atoms with Crippen molar-refractivity contribution in [2.75, 3.05) is 0 Å². The highest BCUT2D eigenvalue weighted by Gasteiger charge is 3.32. The Morgan fingerprint density at radius 3 is 1.79 bits per heavy atom. The molecule has 0 bridgehead atoms. The second-order valence-electron chi connectivity index (χ2n) is 5.38. The van der Waals surface area contributed by atoms with Crippen molar-refractivity contribution < 1.29 is 0 Å². The van der Waals surface area contributed by atoms with Gasteiger partial charge in [-0.1, -0.05) is 0 Å². The molecule has 0 aromatic carbocycles. The molecule has 64 valence electrons. The Labute approximate surface area is 81.2 Å². The Bertz CT molecular complexity index is 521. The van der Waals surface area contributed by atoms with Crippen LogP contribution in [0.5, 0.6) is 0 Å². The topological polar surface area (TPSA) is 13.1 Å². The fourth-order valence-electron chi connectivity index (χ4n) is 6.23. The lowest BCUT2D eigenvalue weighted by molar-refractivity contribution is -0.551. The van der Waals surface area contributed by atoms with E-state index in [1.54, 1.807) is 0 Å². The number of nitrogens with zero attached hydrogens (tertiary/aromatic N) is 3. The SMILES string of the molecule is [C-]#[N+]C12C3C4C5C3C1([N+]#[C-])C5([N+]#[C-])C42. The van der Waals surface area contributed by atoms with Crippen molar-refractivity contribution in [3.63, 3.8) is 0 Å². The van der Waals surface area contributed by atoms with Gasteiger partial charge >= 0.3 is 16.6 Å². The third-order valence-electron chi connectivity index (χ3n) is 6.20. The second-order valence-corrected chi connectivity index (χ2v) is 5.38. The van der Waals surface area contributed by atoms with Crippen LogP contribution in [0, 0.1) is 49.3 Å². The average molecular weight is 179 g/mol. The Morgan fingerprint density at radius 1 is 0.786 bits per heavy atom. The quantitative estimate of drug-likeness (QED) is 0.494. The molecule has 6 fully saturated rings. The minimum Gasteiger partial charge on any atom is -0.300 e. The van der Waals surface area contributed by atoms with E-state index in [1.165, 1.54) is 0 Å². The average Bonchev–Trinajstić information content (AvgIpc) is 2.26. The fourth-order valence-corrected chi connectivity index (χ4v) is 6.23. The van der Waals surface area contributed by atoms with Crippen LogP contribution in [0.3, 0.4) is 0 Å². The van der Waals surface area contributed by atoms with Gasteiger partial charge in [0.2, 0.25) is 0 Å². The van der Waals surface area contributed by atoms with E-state index < -0.39 is 5.54 Å². The van der Waals surface area contributed by atoms with Crippen molar-refractivity contribution in [3.8, 4) is 0 Å². The van der Waals surface area contributed by atoms with Crippen LogP contribution in [-0.2, 0) is 0 Å². The maximum absolute atomic E-state index is 7.32. The smallest absolute Gasteiger partial charge is 0.300 e. The van der Waals surface area contributed by atoms with Crippen molar-refractivity contribution in [1.29, 1.82) is 0 Å². The molecule has 14 heavy (non-hydrogen) atoms. The summed E-state index contributed by atoms with van der Waals surface area (Å²) in [5, 5.41) is 0. The van der Waals surface area contributed by atoms with Gasteiger partial charge in [0, 0.05) is 5.92 Å². The number of hydrogen-bond donors (Lipinski definition) is 0. The van der Waals surface area contributed by atoms with Crippen LogP contribution in [0.4, 0.5) is 0 Å². The van der Waals surface area contributed by atoms with Gasteiger partial charge in [0.1, 0.15) is 5.92 Å². The molecule has 3 heteroatoms. The molecule has 0 aliphatic heterocycles. The van der Waals surface area contributed by atoms with Crippen LogP contribution in [0.25, 0.3) is 14.5 Å². The van der Waals surface area contributed by atoms with Crippen molar-refractivity contribution in [2.24, 2.45) is 29.6 Å². The first-order valence-corrected chi connectivity index (χ1v) is 4.95. The van der Waals surface area contributed by atoms with Gasteiger partial charge in [0.25, 0.3) is 0 Å². The van der Waals surface area contributed by atoms with E-state index in [2.05, 4.69) is 14.5 Å². The minimum absolute atomic E-state index is 0.305. The third kappa shape index (κ3) is 0.165. The predicted molar refractivity (Wildman–Crippen MR) is 45.4 cm³/mol. The molecule has 0 aromatic heterocycles. The summed E-state index contributed by atoms with van der Waals surface area (Å²) in [5.41, 5.74) is -1.23. The summed E-state index contributed by atoms with van der Waals surface area (Å²) in [7, 11) is 0. The molecule has 6 rings (SSSR count). The number of hydrogen-bond acceptors (Lipinski definition) is 0. The van der Waals surface area contributed by atoms with E-state index >= 15 is 0 Å². The summed E-state index contributed by atoms with van der Waals surface area (Å²) in [6.07, 6.45) is 0. The lowest BCUT2D eigenvalue weighted by Crippen LogP contribution is -3.21. The van der Waals surface area contributed by atoms with Crippen LogP contribution >= 0.6 is 0 Å². The van der Waals surface area contributed by atoms with E-state index in [1.807, 2.05) is 0 Å². The summed E-state index contributed by atoms with van der Waals surface area (Å²) in [5.74, 6) is 2.52. The van der Waals surface area contributed by atoms with Crippen molar-refractivity contribution >= 4 is 0 Å². The van der Waals surface area contributed by atoms with Crippen LogP contribution in [0.2, 0.25) is 0 Å². The molecular formula is C11H5N3. The molecule has 0 saturated heterocycles. The molecule has 4 atom stereocenters. The molecule has 0 spiro atoms. The summed E-state index contributed by atoms with van der Waals surface area (Å²) in [4.78, 5) is 11.2. The summed E-state index contributed by atoms with van der Waals surface area (Å²) in [6.45, 7) is 21.9. The zero-order valence-electron chi connectivity index (χ0n) is 7.23. The zero-order valence-corrected chi connectivity index (χ0v) is 7.23. The molecule has 0 amide bonds. The van der Waals surface area contributed by atoms with Gasteiger partial charge in [0.15, 0.2) is 0 Å². The van der Waals surface area contributed by atoms with E-state index in [-0.39, 0.29) is 11.1 Å². The van der Waals surface area contributed by atoms with E-state index in [0.717, 1.165) is 0 Å². The van der Waals surface area contributed by atoms with Crippen molar-refractivity contribution in [1.82, 2.24) is 0 Å². The van der Waals surface area contributed by atoms with Gasteiger partial charge in [-0.05, 0) is 0 Å². The normalized spacial score (nSPS) is 80.8. The van der Waals surface area contributed by atoms with Gasteiger partial charge in [-0.3, -0.25) is 14.5 Å². The number of rotatable bonds is 0. The molecule has 3 nitrogen and oxygen atoms in total. The molecule has 0 N–H and O–H groups in total. The molecule has 6 aliphatic rings. The highest BCUT2D eigenvalue weighted by atomic mass is 15.4. The van der Waals surface area contributed by atoms with E-state index in [9.17, 15) is 0 Å². The molecule has 0 heterocycles. The Balaban J connectivity index is 1.86. The Kier molecular flexibility index (Phi) is 0.457.